The van der Waals surface area contributed by atoms with E-state index in [-0.39, 0.29) is 103 Å². The van der Waals surface area contributed by atoms with E-state index < -0.39 is 6.85 Å². The second-order valence-electron chi connectivity index (χ2n) is 29.6. The molecule has 0 atom stereocenters. The van der Waals surface area contributed by atoms with Crippen LogP contribution in [-0.4, -0.2) is 60.7 Å². The molecule has 666 valence electrons. The molecule has 0 fully saturated rings. The fourth-order valence-electron chi connectivity index (χ4n) is 13.9. The van der Waals surface area contributed by atoms with E-state index in [9.17, 15) is 9.18 Å². The van der Waals surface area contributed by atoms with Gasteiger partial charge in [0.05, 0.1) is 28.0 Å². The number of hydrogen-bond donors (Lipinski definition) is 1. The number of pyridine rings is 10. The molecule has 13 aromatic heterocycles. The van der Waals surface area contributed by atoms with Crippen LogP contribution in [0.15, 0.2) is 378 Å². The van der Waals surface area contributed by atoms with Crippen molar-refractivity contribution in [1.82, 2.24) is 49.8 Å². The number of allylic oxidation sites excluding steroid dienone is 2. The third-order valence-electron chi connectivity index (χ3n) is 20.0. The number of aliphatic hydroxyl groups is 1. The number of carbonyl (C=O) groups excluding carboxylic acids is 1. The average molecular weight is 2450 g/mol. The number of aromatic nitrogens is 10. The first-order chi connectivity index (χ1) is 64.2. The van der Waals surface area contributed by atoms with Crippen molar-refractivity contribution in [3.63, 3.8) is 0 Å². The van der Waals surface area contributed by atoms with E-state index in [2.05, 4.69) is 125 Å². The number of aliphatic hydroxyl groups excluding tert-OH is 1. The summed E-state index contributed by atoms with van der Waals surface area (Å²) in [5.74, 6) is -0.316. The molecular weight excluding hydrogens is 2370 g/mol. The van der Waals surface area contributed by atoms with E-state index in [4.69, 9.17) is 27.5 Å². The molecule has 0 unspecified atom stereocenters. The van der Waals surface area contributed by atoms with Gasteiger partial charge in [-0.05, 0) is 208 Å². The molecule has 15 nitrogen and oxygen atoms in total. The zero-order valence-corrected chi connectivity index (χ0v) is 82.4. The number of nitrogens with zero attached hydrogens (tertiary/aromatic N) is 10. The molecule has 0 aliphatic heterocycles. The SMILES string of the molecule is CC(=O)C=C(C)O.Cc1ccc2c(C)cc(-c3[c-]cccc3)nc2c1.Cc1ccc2c(n1)oc1c(-c3cc(-c4ccc(F)cc4)ccn3)[c-]ccc12.Cc1ccc2c(n1)oc1c(-c3ccccn3)[c-]ccc12.Cc1ccc2c(n1)oc1c(-c3ccccn3)[c-]ccc12.[2H]C([2H])([2H])c1ccc(-c2[c-]cccc2)nc1.[Ir].[Ir].[Ir].[Ir].[c-]1ccccc1-c1ccccn1.[c-]1ccccc1-c1ccccn1. The number of aryl methyl sites for hydroxylation is 6. The Balaban J connectivity index is 0.000000152. The van der Waals surface area contributed by atoms with Gasteiger partial charge >= 0.3 is 0 Å². The van der Waals surface area contributed by atoms with Gasteiger partial charge in [0.2, 0.25) is 17.1 Å². The van der Waals surface area contributed by atoms with E-state index in [0.717, 1.165) is 156 Å². The summed E-state index contributed by atoms with van der Waals surface area (Å²) in [6.07, 6.45) is 11.4. The van der Waals surface area contributed by atoms with Gasteiger partial charge in [-0.15, -0.1) is 198 Å². The summed E-state index contributed by atoms with van der Waals surface area (Å²) in [6, 6.07) is 122. The van der Waals surface area contributed by atoms with Crippen molar-refractivity contribution in [2.24, 2.45) is 0 Å². The molecule has 13 heterocycles. The smallest absolute Gasteiger partial charge is 0.216 e. The molecule has 9 aromatic carbocycles. The van der Waals surface area contributed by atoms with Crippen molar-refractivity contribution in [2.75, 3.05) is 0 Å². The Morgan fingerprint density at radius 3 is 1.09 bits per heavy atom. The second-order valence-corrected chi connectivity index (χ2v) is 29.6. The Morgan fingerprint density at radius 2 is 0.722 bits per heavy atom. The fraction of sp³-hybridized carbons (Fsp3) is 0.0708. The topological polar surface area (TPSA) is 206 Å². The number of rotatable bonds is 9. The van der Waals surface area contributed by atoms with Crippen LogP contribution in [0.3, 0.4) is 0 Å². The van der Waals surface area contributed by atoms with Gasteiger partial charge in [-0.25, -0.2) is 19.3 Å². The third kappa shape index (κ3) is 26.2. The standard InChI is InChI=1S/C23H14FN2O.2C17H11N2O.C17H14N.C12H10N.2C11H8N.C5H8O2.4Ir/c1-14-5-10-19-18-3-2-4-20(22(18)27-23(19)26-14)21-13-16(11-12-25-21)15-6-8-17(24)9-7-15;2*1-11-8-9-13-12-5-4-6-14(15-7-2-3-10-18-15)16(12)20-17(13)19-11;1-12-8-9-15-13(2)11-16(18-17(15)10-12)14-6-4-3-5-7-14;1-10-7-8-12(13-9-10)11-5-3-2-4-6-11;2*1-2-6-10(7-3-1)11-8-4-5-9-12-11;1-4(6)3-5(2)7;;;;/h2-3,5-13H,1H3;2*2-5,7-10H,1H3;3-6,8-11H,1-2H3;2-5,7-9H,1H3;2*1-6,8-9H;3,6H,1-2H3;;;;/q7*-1;;;;;/i;;;;1D3;;;;;;;. The van der Waals surface area contributed by atoms with Crippen LogP contribution in [0.25, 0.3) is 167 Å². The van der Waals surface area contributed by atoms with Gasteiger partial charge in [0.25, 0.3) is 0 Å². The average Bonchev–Trinajstić information content (AvgIpc) is 1.63. The molecule has 22 aromatic rings. The van der Waals surface area contributed by atoms with E-state index in [1.165, 1.54) is 54.8 Å². The molecule has 22 rings (SSSR count). The van der Waals surface area contributed by atoms with E-state index in [1.807, 2.05) is 269 Å². The number of carbonyl (C=O) groups is 1. The van der Waals surface area contributed by atoms with Crippen molar-refractivity contribution in [3.05, 3.63) is 447 Å². The third-order valence-corrected chi connectivity index (χ3v) is 20.0. The van der Waals surface area contributed by atoms with Crippen molar-refractivity contribution in [3.8, 4) is 89.9 Å². The van der Waals surface area contributed by atoms with Gasteiger partial charge in [-0.2, -0.15) is 0 Å². The van der Waals surface area contributed by atoms with E-state index in [0.29, 0.717) is 22.7 Å². The quantitative estimate of drug-likeness (QED) is 0.0810. The van der Waals surface area contributed by atoms with Gasteiger partial charge in [0, 0.05) is 166 Å². The first-order valence-electron chi connectivity index (χ1n) is 42.8. The van der Waals surface area contributed by atoms with Gasteiger partial charge in [-0.1, -0.05) is 130 Å². The second kappa shape index (κ2) is 48.7. The van der Waals surface area contributed by atoms with Crippen LogP contribution in [0.1, 0.15) is 51.7 Å². The van der Waals surface area contributed by atoms with Crippen molar-refractivity contribution in [2.45, 2.75) is 55.3 Å². The molecule has 4 radical (unpaired) electrons. The Labute approximate surface area is 829 Å². The molecule has 0 spiro atoms. The number of halogens is 1. The molecule has 0 saturated heterocycles. The minimum absolute atomic E-state index is 0. The molecule has 0 aliphatic carbocycles. The zero-order valence-electron chi connectivity index (χ0n) is 75.8. The summed E-state index contributed by atoms with van der Waals surface area (Å²) in [4.78, 5) is 53.9. The first-order valence-corrected chi connectivity index (χ1v) is 41.3. The van der Waals surface area contributed by atoms with Crippen LogP contribution in [0.2, 0.25) is 0 Å². The molecule has 0 saturated carbocycles. The van der Waals surface area contributed by atoms with Gasteiger partial charge in [0.1, 0.15) is 5.82 Å². The Kier molecular flexibility index (Phi) is 34.8. The maximum Gasteiger partial charge on any atom is 0.216 e. The molecule has 0 bridgehead atoms. The Morgan fingerprint density at radius 1 is 0.338 bits per heavy atom. The van der Waals surface area contributed by atoms with Crippen molar-refractivity contribution >= 4 is 82.9 Å². The minimum atomic E-state index is -2.09. The largest absolute Gasteiger partial charge is 0.512 e. The summed E-state index contributed by atoms with van der Waals surface area (Å²) in [7, 11) is 0. The van der Waals surface area contributed by atoms with Crippen LogP contribution in [0.4, 0.5) is 4.39 Å². The molecule has 0 amide bonds. The van der Waals surface area contributed by atoms with Gasteiger partial charge in [-0.3, -0.25) is 9.78 Å². The van der Waals surface area contributed by atoms with Crippen LogP contribution in [0.5, 0.6) is 0 Å². The summed E-state index contributed by atoms with van der Waals surface area (Å²) in [5, 5.41) is 15.7. The van der Waals surface area contributed by atoms with Gasteiger partial charge in [0.15, 0.2) is 5.78 Å². The summed E-state index contributed by atoms with van der Waals surface area (Å²) in [6.45, 7) is 10.8. The molecule has 133 heavy (non-hydrogen) atoms. The van der Waals surface area contributed by atoms with Gasteiger partial charge < -0.3 is 48.3 Å². The van der Waals surface area contributed by atoms with Crippen molar-refractivity contribution in [1.29, 1.82) is 0 Å². The monoisotopic (exact) mass is 2450 g/mol. The number of benzene rings is 9. The van der Waals surface area contributed by atoms with Crippen molar-refractivity contribution < 1.29 is 112 Å². The van der Waals surface area contributed by atoms with Crippen LogP contribution >= 0.6 is 0 Å². The predicted octanol–water partition coefficient (Wildman–Crippen LogP) is 27.6. The molecule has 20 heteroatoms. The maximum atomic E-state index is 13.2. The Bertz CT molecular complexity index is 7370. The van der Waals surface area contributed by atoms with E-state index >= 15 is 0 Å². The number of hydrogen-bond acceptors (Lipinski definition) is 15. The molecular formula is C113H84FIr4N10O5-7. The van der Waals surface area contributed by atoms with E-state index in [1.54, 1.807) is 61.3 Å². The Hall–Kier alpha value is -14.1. The molecule has 1 N–H and O–H groups in total. The van der Waals surface area contributed by atoms with Crippen LogP contribution in [0, 0.1) is 89.8 Å². The fourth-order valence-corrected chi connectivity index (χ4v) is 13.9. The maximum absolute atomic E-state index is 13.2. The number of fused-ring (bicyclic) bond motifs is 10. The summed E-state index contributed by atoms with van der Waals surface area (Å²) >= 11 is 0. The number of ketones is 1. The zero-order chi connectivity index (χ0) is 91.9. The minimum Gasteiger partial charge on any atom is -0.512 e. The van der Waals surface area contributed by atoms with Crippen LogP contribution in [-0.2, 0) is 85.2 Å². The summed E-state index contributed by atoms with van der Waals surface area (Å²) < 4.78 is 52.8. The van der Waals surface area contributed by atoms with Crippen LogP contribution < -0.4 is 0 Å². The predicted molar refractivity (Wildman–Crippen MR) is 513 cm³/mol. The number of furan rings is 3. The normalized spacial score (nSPS) is 10.9. The molecule has 0 aliphatic rings. The first kappa shape index (κ1) is 95.0. The summed E-state index contributed by atoms with van der Waals surface area (Å²) in [5.41, 5.74) is 25.4.